The Morgan fingerprint density at radius 3 is 2.60 bits per heavy atom. The van der Waals surface area contributed by atoms with Crippen LogP contribution in [0.4, 0.5) is 0 Å². The molecule has 108 valence electrons. The first-order chi connectivity index (χ1) is 9.56. The van der Waals surface area contributed by atoms with Crippen molar-refractivity contribution in [3.63, 3.8) is 0 Å². The van der Waals surface area contributed by atoms with E-state index in [1.807, 2.05) is 38.2 Å². The fourth-order valence-corrected chi connectivity index (χ4v) is 2.21. The summed E-state index contributed by atoms with van der Waals surface area (Å²) < 4.78 is 8.73. The van der Waals surface area contributed by atoms with Gasteiger partial charge in [-0.05, 0) is 31.5 Å². The number of nitrogens with two attached hydrogens (primary N) is 1. The molecule has 1 heterocycles. The lowest BCUT2D eigenvalue weighted by atomic mass is 10.1. The predicted molar refractivity (Wildman–Crippen MR) is 79.1 cm³/mol. The normalized spacial score (nSPS) is 11.1. The molecule has 0 bridgehead atoms. The molecule has 0 saturated heterocycles. The molecule has 0 unspecified atom stereocenters. The fraction of sp³-hybridized carbons (Fsp3) is 0.400. The van der Waals surface area contributed by atoms with E-state index in [9.17, 15) is 4.79 Å². The second-order valence-electron chi connectivity index (χ2n) is 5.06. The van der Waals surface area contributed by atoms with E-state index in [-0.39, 0.29) is 11.7 Å². The van der Waals surface area contributed by atoms with Crippen LogP contribution in [0.2, 0.25) is 0 Å². The molecule has 5 nitrogen and oxygen atoms in total. The van der Waals surface area contributed by atoms with E-state index >= 15 is 0 Å². The van der Waals surface area contributed by atoms with Crippen LogP contribution in [0.25, 0.3) is 0 Å². The molecule has 2 aromatic rings. The van der Waals surface area contributed by atoms with Crippen LogP contribution in [0.1, 0.15) is 31.0 Å². The average Bonchev–Trinajstić information content (AvgIpc) is 2.80. The SMILES string of the molecule is COc1ccc(CN)cc1Cn1ccn(C(C)C)c1=O. The minimum absolute atomic E-state index is 0.0137. The van der Waals surface area contributed by atoms with E-state index in [0.29, 0.717) is 13.1 Å². The first kappa shape index (κ1) is 14.4. The Morgan fingerprint density at radius 2 is 2.05 bits per heavy atom. The molecular formula is C15H21N3O2. The van der Waals surface area contributed by atoms with Crippen molar-refractivity contribution in [1.29, 1.82) is 0 Å². The number of hydrogen-bond acceptors (Lipinski definition) is 3. The maximum Gasteiger partial charge on any atom is 0.328 e. The Balaban J connectivity index is 2.36. The highest BCUT2D eigenvalue weighted by Crippen LogP contribution is 2.20. The van der Waals surface area contributed by atoms with Crippen LogP contribution in [0.15, 0.2) is 35.4 Å². The van der Waals surface area contributed by atoms with Gasteiger partial charge in [0.15, 0.2) is 0 Å². The van der Waals surface area contributed by atoms with Gasteiger partial charge in [-0.1, -0.05) is 6.07 Å². The van der Waals surface area contributed by atoms with Crippen molar-refractivity contribution >= 4 is 0 Å². The number of ether oxygens (including phenoxy) is 1. The number of hydrogen-bond donors (Lipinski definition) is 1. The Hall–Kier alpha value is -2.01. The average molecular weight is 275 g/mol. The maximum atomic E-state index is 12.2. The molecule has 1 aromatic carbocycles. The van der Waals surface area contributed by atoms with E-state index in [0.717, 1.165) is 16.9 Å². The van der Waals surface area contributed by atoms with Crippen LogP contribution >= 0.6 is 0 Å². The molecule has 20 heavy (non-hydrogen) atoms. The Kier molecular flexibility index (Phi) is 4.29. The van der Waals surface area contributed by atoms with E-state index in [1.54, 1.807) is 22.4 Å². The Morgan fingerprint density at radius 1 is 1.30 bits per heavy atom. The molecule has 0 spiro atoms. The van der Waals surface area contributed by atoms with Gasteiger partial charge in [0.25, 0.3) is 0 Å². The fourth-order valence-electron chi connectivity index (χ4n) is 2.21. The quantitative estimate of drug-likeness (QED) is 0.904. The lowest BCUT2D eigenvalue weighted by Crippen LogP contribution is -2.25. The van der Waals surface area contributed by atoms with Gasteiger partial charge in [0.05, 0.1) is 13.7 Å². The first-order valence-electron chi connectivity index (χ1n) is 6.70. The minimum Gasteiger partial charge on any atom is -0.496 e. The monoisotopic (exact) mass is 275 g/mol. The Bertz CT molecular complexity index is 641. The third-order valence-corrected chi connectivity index (χ3v) is 3.35. The van der Waals surface area contributed by atoms with Crippen molar-refractivity contribution in [2.45, 2.75) is 33.0 Å². The molecule has 0 saturated carbocycles. The van der Waals surface area contributed by atoms with Gasteiger partial charge in [0.2, 0.25) is 0 Å². The third kappa shape index (κ3) is 2.77. The summed E-state index contributed by atoms with van der Waals surface area (Å²) in [6.45, 7) is 4.93. The van der Waals surface area contributed by atoms with Crippen LogP contribution in [0.3, 0.4) is 0 Å². The van der Waals surface area contributed by atoms with Crippen LogP contribution < -0.4 is 16.2 Å². The zero-order valence-corrected chi connectivity index (χ0v) is 12.2. The summed E-state index contributed by atoms with van der Waals surface area (Å²) in [6.07, 6.45) is 3.61. The van der Waals surface area contributed by atoms with Crippen LogP contribution in [-0.2, 0) is 13.1 Å². The lowest BCUT2D eigenvalue weighted by molar-refractivity contribution is 0.407. The molecule has 0 aliphatic rings. The molecule has 0 aliphatic heterocycles. The molecule has 1 aromatic heterocycles. The van der Waals surface area contributed by atoms with E-state index in [4.69, 9.17) is 10.5 Å². The van der Waals surface area contributed by atoms with E-state index < -0.39 is 0 Å². The second kappa shape index (κ2) is 5.96. The standard InChI is InChI=1S/C15H21N3O2/c1-11(2)18-7-6-17(15(18)19)10-13-8-12(9-16)4-5-14(13)20-3/h4-8,11H,9-10,16H2,1-3H3. The molecule has 2 rings (SSSR count). The van der Waals surface area contributed by atoms with Crippen molar-refractivity contribution in [2.24, 2.45) is 5.73 Å². The summed E-state index contributed by atoms with van der Waals surface area (Å²) in [5.74, 6) is 0.770. The summed E-state index contributed by atoms with van der Waals surface area (Å²) in [5, 5.41) is 0. The predicted octanol–water partition coefficient (Wildman–Crippen LogP) is 1.75. The highest BCUT2D eigenvalue weighted by Gasteiger charge is 2.10. The van der Waals surface area contributed by atoms with Crippen LogP contribution in [0.5, 0.6) is 5.75 Å². The zero-order valence-electron chi connectivity index (χ0n) is 12.2. The number of rotatable bonds is 5. The number of nitrogens with zero attached hydrogens (tertiary/aromatic N) is 2. The molecule has 0 radical (unpaired) electrons. The van der Waals surface area contributed by atoms with Crippen molar-refractivity contribution in [2.75, 3.05) is 7.11 Å². The maximum absolute atomic E-state index is 12.2. The van der Waals surface area contributed by atoms with Gasteiger partial charge in [-0.25, -0.2) is 4.79 Å². The van der Waals surface area contributed by atoms with Crippen molar-refractivity contribution < 1.29 is 4.74 Å². The van der Waals surface area contributed by atoms with Crippen LogP contribution in [0, 0.1) is 0 Å². The van der Waals surface area contributed by atoms with E-state index in [2.05, 4.69) is 0 Å². The molecular weight excluding hydrogens is 254 g/mol. The van der Waals surface area contributed by atoms with Crippen molar-refractivity contribution in [3.05, 3.63) is 52.2 Å². The zero-order chi connectivity index (χ0) is 14.7. The van der Waals surface area contributed by atoms with Crippen LogP contribution in [-0.4, -0.2) is 16.2 Å². The molecule has 2 N–H and O–H groups in total. The molecule has 0 fully saturated rings. The third-order valence-electron chi connectivity index (χ3n) is 3.35. The van der Waals surface area contributed by atoms with Gasteiger partial charge in [-0.3, -0.25) is 9.13 Å². The topological polar surface area (TPSA) is 62.2 Å². The van der Waals surface area contributed by atoms with Gasteiger partial charge in [-0.2, -0.15) is 0 Å². The van der Waals surface area contributed by atoms with Gasteiger partial charge in [-0.15, -0.1) is 0 Å². The highest BCUT2D eigenvalue weighted by molar-refractivity contribution is 5.37. The van der Waals surface area contributed by atoms with Gasteiger partial charge < -0.3 is 10.5 Å². The second-order valence-corrected chi connectivity index (χ2v) is 5.06. The smallest absolute Gasteiger partial charge is 0.328 e. The largest absolute Gasteiger partial charge is 0.496 e. The molecule has 5 heteroatoms. The summed E-state index contributed by atoms with van der Waals surface area (Å²) >= 11 is 0. The lowest BCUT2D eigenvalue weighted by Gasteiger charge is -2.11. The minimum atomic E-state index is -0.0137. The molecule has 0 aliphatic carbocycles. The number of benzene rings is 1. The summed E-state index contributed by atoms with van der Waals surface area (Å²) in [5.41, 5.74) is 7.63. The Labute approximate surface area is 118 Å². The van der Waals surface area contributed by atoms with Gasteiger partial charge >= 0.3 is 5.69 Å². The van der Waals surface area contributed by atoms with Crippen molar-refractivity contribution in [3.8, 4) is 5.75 Å². The summed E-state index contributed by atoms with van der Waals surface area (Å²) in [7, 11) is 1.63. The summed E-state index contributed by atoms with van der Waals surface area (Å²) in [4.78, 5) is 12.2. The van der Waals surface area contributed by atoms with Gasteiger partial charge in [0, 0.05) is 30.5 Å². The highest BCUT2D eigenvalue weighted by atomic mass is 16.5. The number of methoxy groups -OCH3 is 1. The number of aromatic nitrogens is 2. The molecule has 0 amide bonds. The molecule has 0 atom stereocenters. The van der Waals surface area contributed by atoms with Crippen molar-refractivity contribution in [1.82, 2.24) is 9.13 Å². The first-order valence-corrected chi connectivity index (χ1v) is 6.70. The van der Waals surface area contributed by atoms with Gasteiger partial charge in [0.1, 0.15) is 5.75 Å². The number of imidazole rings is 1. The summed E-state index contributed by atoms with van der Waals surface area (Å²) in [6, 6.07) is 5.96. The van der Waals surface area contributed by atoms with E-state index in [1.165, 1.54) is 0 Å².